The van der Waals surface area contributed by atoms with Crippen molar-refractivity contribution in [2.24, 2.45) is 9.98 Å². The molecule has 178 valence electrons. The number of aliphatic imine (C=N–C) groups is 2. The number of hydrogen-bond acceptors (Lipinski definition) is 5. The van der Waals surface area contributed by atoms with Gasteiger partial charge in [-0.2, -0.15) is 5.26 Å². The van der Waals surface area contributed by atoms with Crippen molar-refractivity contribution in [2.75, 3.05) is 57.4 Å². The maximum atomic E-state index is 9.40. The van der Waals surface area contributed by atoms with Gasteiger partial charge in [-0.25, -0.2) is 15.0 Å². The van der Waals surface area contributed by atoms with Gasteiger partial charge in [0.15, 0.2) is 0 Å². The van der Waals surface area contributed by atoms with E-state index in [9.17, 15) is 5.26 Å². The molecule has 2 fully saturated rings. The Labute approximate surface area is 202 Å². The number of aromatic nitrogens is 1. The molecule has 0 spiro atoms. The Morgan fingerprint density at radius 1 is 1.00 bits per heavy atom. The average Bonchev–Trinajstić information content (AvgIpc) is 2.91. The molecule has 0 amide bonds. The van der Waals surface area contributed by atoms with Crippen LogP contribution >= 0.6 is 0 Å². The Morgan fingerprint density at radius 3 is 2.38 bits per heavy atom. The van der Waals surface area contributed by atoms with E-state index in [1.165, 1.54) is 11.1 Å². The van der Waals surface area contributed by atoms with E-state index in [1.807, 2.05) is 6.07 Å². The lowest BCUT2D eigenvalue weighted by Crippen LogP contribution is -2.49. The Kier molecular flexibility index (Phi) is 8.10. The third-order valence-corrected chi connectivity index (χ3v) is 6.33. The zero-order valence-electron chi connectivity index (χ0n) is 20.2. The summed E-state index contributed by atoms with van der Waals surface area (Å²) in [5.74, 6) is 2.51. The minimum Gasteiger partial charge on any atom is -0.378 e. The van der Waals surface area contributed by atoms with Crippen LogP contribution in [0.25, 0.3) is 0 Å². The number of hydrogen-bond donors (Lipinski definition) is 0. The molecule has 34 heavy (non-hydrogen) atoms. The average molecular weight is 460 g/mol. The molecule has 0 saturated carbocycles. The SMILES string of the molecule is CCc1ccc(CN=C(/N=C(\C)N2CCN(c3ncccc3C#N)CC2)N2CCOCC2)cc1. The Hall–Kier alpha value is -3.44. The second-order valence-electron chi connectivity index (χ2n) is 8.51. The number of piperazine rings is 1. The highest BCUT2D eigenvalue weighted by Gasteiger charge is 2.22. The Bertz CT molecular complexity index is 1040. The standard InChI is InChI=1S/C26H33N7O/c1-3-22-6-8-23(9-7-22)20-29-26(33-15-17-34-18-16-33)30-21(2)31-11-13-32(14-12-31)25-24(19-27)5-4-10-28-25/h4-10H,3,11-18,20H2,1-2H3/b29-26?,30-21+. The van der Waals surface area contributed by atoms with Crippen LogP contribution in [0, 0.1) is 11.3 Å². The van der Waals surface area contributed by atoms with E-state index in [2.05, 4.69) is 63.9 Å². The van der Waals surface area contributed by atoms with E-state index in [0.717, 1.165) is 63.3 Å². The van der Waals surface area contributed by atoms with E-state index in [-0.39, 0.29) is 0 Å². The second-order valence-corrected chi connectivity index (χ2v) is 8.51. The summed E-state index contributed by atoms with van der Waals surface area (Å²) in [4.78, 5) is 21.0. The minimum absolute atomic E-state index is 0.609. The first-order valence-electron chi connectivity index (χ1n) is 12.0. The summed E-state index contributed by atoms with van der Waals surface area (Å²) in [5.41, 5.74) is 3.14. The molecule has 1 aromatic carbocycles. The van der Waals surface area contributed by atoms with Gasteiger partial charge in [0.2, 0.25) is 5.96 Å². The highest BCUT2D eigenvalue weighted by Crippen LogP contribution is 2.18. The monoisotopic (exact) mass is 459 g/mol. The first kappa shape index (κ1) is 23.7. The third kappa shape index (κ3) is 5.91. The van der Waals surface area contributed by atoms with Gasteiger partial charge in [0.1, 0.15) is 17.7 Å². The van der Waals surface area contributed by atoms with Crippen molar-refractivity contribution in [3.63, 3.8) is 0 Å². The number of amidine groups is 1. The molecule has 2 aliphatic heterocycles. The summed E-state index contributed by atoms with van der Waals surface area (Å²) in [6.45, 7) is 11.1. The first-order valence-corrected chi connectivity index (χ1v) is 12.0. The molecular formula is C26H33N7O. The van der Waals surface area contributed by atoms with Gasteiger partial charge in [0.25, 0.3) is 0 Å². The maximum Gasteiger partial charge on any atom is 0.222 e. The summed E-state index contributed by atoms with van der Waals surface area (Å²) in [6.07, 6.45) is 2.79. The quantitative estimate of drug-likeness (QED) is 0.517. The number of rotatable bonds is 4. The number of anilines is 1. The molecule has 0 N–H and O–H groups in total. The fourth-order valence-corrected chi connectivity index (χ4v) is 4.21. The van der Waals surface area contributed by atoms with Crippen LogP contribution in [-0.4, -0.2) is 79.1 Å². The van der Waals surface area contributed by atoms with Gasteiger partial charge in [-0.1, -0.05) is 31.2 Å². The number of guanidine groups is 1. The number of nitriles is 1. The Morgan fingerprint density at radius 2 is 1.71 bits per heavy atom. The van der Waals surface area contributed by atoms with Crippen molar-refractivity contribution in [3.8, 4) is 6.07 Å². The fraction of sp³-hybridized carbons (Fsp3) is 0.462. The van der Waals surface area contributed by atoms with Crippen LogP contribution in [0.1, 0.15) is 30.5 Å². The van der Waals surface area contributed by atoms with E-state index >= 15 is 0 Å². The molecule has 2 aromatic rings. The van der Waals surface area contributed by atoms with Gasteiger partial charge in [-0.05, 0) is 36.6 Å². The second kappa shape index (κ2) is 11.6. The van der Waals surface area contributed by atoms with Crippen molar-refractivity contribution in [1.29, 1.82) is 5.26 Å². The molecule has 8 heteroatoms. The van der Waals surface area contributed by atoms with Crippen molar-refractivity contribution in [2.45, 2.75) is 26.8 Å². The largest absolute Gasteiger partial charge is 0.378 e. The lowest BCUT2D eigenvalue weighted by molar-refractivity contribution is 0.0674. The third-order valence-electron chi connectivity index (χ3n) is 6.33. The molecule has 3 heterocycles. The van der Waals surface area contributed by atoms with Gasteiger partial charge >= 0.3 is 0 Å². The molecule has 0 atom stereocenters. The zero-order valence-corrected chi connectivity index (χ0v) is 20.2. The van der Waals surface area contributed by atoms with Crippen LogP contribution in [0.2, 0.25) is 0 Å². The number of morpholine rings is 1. The lowest BCUT2D eigenvalue weighted by atomic mass is 10.1. The van der Waals surface area contributed by atoms with Gasteiger partial charge in [-0.3, -0.25) is 0 Å². The smallest absolute Gasteiger partial charge is 0.222 e. The van der Waals surface area contributed by atoms with Crippen LogP contribution in [0.3, 0.4) is 0 Å². The molecule has 2 saturated heterocycles. The number of aryl methyl sites for hydroxylation is 1. The lowest BCUT2D eigenvalue weighted by Gasteiger charge is -2.37. The van der Waals surface area contributed by atoms with Crippen molar-refractivity contribution < 1.29 is 4.74 Å². The van der Waals surface area contributed by atoms with E-state index in [0.29, 0.717) is 25.3 Å². The molecule has 0 radical (unpaired) electrons. The molecule has 1 aromatic heterocycles. The van der Waals surface area contributed by atoms with Crippen LogP contribution in [0.5, 0.6) is 0 Å². The van der Waals surface area contributed by atoms with Crippen LogP contribution in [-0.2, 0) is 17.7 Å². The molecule has 8 nitrogen and oxygen atoms in total. The molecule has 4 rings (SSSR count). The summed E-state index contributed by atoms with van der Waals surface area (Å²) < 4.78 is 5.54. The number of nitrogens with zero attached hydrogens (tertiary/aromatic N) is 7. The minimum atomic E-state index is 0.609. The normalized spacial score (nSPS) is 17.6. The van der Waals surface area contributed by atoms with Crippen LogP contribution in [0.4, 0.5) is 5.82 Å². The van der Waals surface area contributed by atoms with Crippen LogP contribution < -0.4 is 4.90 Å². The van der Waals surface area contributed by atoms with Crippen molar-refractivity contribution >= 4 is 17.6 Å². The number of ether oxygens (including phenoxy) is 1. The Balaban J connectivity index is 1.45. The maximum absolute atomic E-state index is 9.40. The van der Waals surface area contributed by atoms with Crippen LogP contribution in [0.15, 0.2) is 52.6 Å². The summed E-state index contributed by atoms with van der Waals surface area (Å²) >= 11 is 0. The molecule has 0 unspecified atom stereocenters. The highest BCUT2D eigenvalue weighted by molar-refractivity contribution is 5.95. The van der Waals surface area contributed by atoms with Gasteiger partial charge < -0.3 is 19.4 Å². The molecule has 0 aliphatic carbocycles. The molecule has 0 bridgehead atoms. The predicted octanol–water partition coefficient (Wildman–Crippen LogP) is 2.94. The fourth-order valence-electron chi connectivity index (χ4n) is 4.21. The molecule has 2 aliphatic rings. The van der Waals surface area contributed by atoms with Gasteiger partial charge in [0, 0.05) is 45.5 Å². The predicted molar refractivity (Wildman–Crippen MR) is 135 cm³/mol. The summed E-state index contributed by atoms with van der Waals surface area (Å²) in [5, 5.41) is 9.40. The van der Waals surface area contributed by atoms with Gasteiger partial charge in [-0.15, -0.1) is 0 Å². The number of benzene rings is 1. The summed E-state index contributed by atoms with van der Waals surface area (Å²) in [7, 11) is 0. The first-order chi connectivity index (χ1) is 16.7. The topological polar surface area (TPSA) is 80.3 Å². The highest BCUT2D eigenvalue weighted by atomic mass is 16.5. The van der Waals surface area contributed by atoms with Crippen molar-refractivity contribution in [1.82, 2.24) is 14.8 Å². The van der Waals surface area contributed by atoms with Crippen molar-refractivity contribution in [3.05, 3.63) is 59.3 Å². The summed E-state index contributed by atoms with van der Waals surface area (Å²) in [6, 6.07) is 14.5. The number of pyridine rings is 1. The van der Waals surface area contributed by atoms with E-state index < -0.39 is 0 Å². The van der Waals surface area contributed by atoms with E-state index in [1.54, 1.807) is 12.3 Å². The molecular weight excluding hydrogens is 426 g/mol. The zero-order chi connectivity index (χ0) is 23.8. The van der Waals surface area contributed by atoms with E-state index in [4.69, 9.17) is 14.7 Å². The van der Waals surface area contributed by atoms with Gasteiger partial charge in [0.05, 0.1) is 25.3 Å².